The van der Waals surface area contributed by atoms with Gasteiger partial charge in [-0.1, -0.05) is 72.8 Å². The molecule has 0 saturated heterocycles. The summed E-state index contributed by atoms with van der Waals surface area (Å²) < 4.78 is 1.37. The van der Waals surface area contributed by atoms with Crippen LogP contribution < -0.4 is 15.9 Å². The van der Waals surface area contributed by atoms with Crippen LogP contribution in [0.4, 0.5) is 0 Å². The van der Waals surface area contributed by atoms with E-state index >= 15 is 0 Å². The van der Waals surface area contributed by atoms with Crippen molar-refractivity contribution in [3.63, 3.8) is 0 Å². The van der Waals surface area contributed by atoms with E-state index in [1.165, 1.54) is 30.9 Å². The van der Waals surface area contributed by atoms with E-state index in [0.717, 1.165) is 6.16 Å². The molecule has 2 heteroatoms. The fourth-order valence-electron chi connectivity index (χ4n) is 4.12. The number of thiophene rings is 1. The van der Waals surface area contributed by atoms with Crippen molar-refractivity contribution >= 4 is 44.6 Å². The maximum absolute atomic E-state index is 2.39. The van der Waals surface area contributed by atoms with Gasteiger partial charge >= 0.3 is 0 Å². The summed E-state index contributed by atoms with van der Waals surface area (Å²) in [7, 11) is -1.82. The fraction of sp³-hybridized carbons (Fsp3) is 0.0370. The Morgan fingerprint density at radius 1 is 0.517 bits per heavy atom. The zero-order valence-corrected chi connectivity index (χ0v) is 17.8. The number of hydrogen-bond acceptors (Lipinski definition) is 1. The predicted molar refractivity (Wildman–Crippen MR) is 131 cm³/mol. The smallest absolute Gasteiger partial charge is 0.117 e. The highest BCUT2D eigenvalue weighted by Gasteiger charge is 2.45. The number of benzene rings is 4. The van der Waals surface area contributed by atoms with Crippen molar-refractivity contribution in [2.24, 2.45) is 0 Å². The molecular formula is C27H22PS+. The van der Waals surface area contributed by atoms with Crippen LogP contribution in [0.5, 0.6) is 0 Å². The molecule has 0 radical (unpaired) electrons. The van der Waals surface area contributed by atoms with Crippen LogP contribution in [0, 0.1) is 0 Å². The van der Waals surface area contributed by atoms with Crippen LogP contribution in [0.3, 0.4) is 0 Å². The van der Waals surface area contributed by atoms with Crippen LogP contribution in [-0.4, -0.2) is 0 Å². The van der Waals surface area contributed by atoms with Gasteiger partial charge in [-0.05, 0) is 53.9 Å². The molecule has 0 spiro atoms. The molecule has 29 heavy (non-hydrogen) atoms. The third-order valence-electron chi connectivity index (χ3n) is 5.46. The van der Waals surface area contributed by atoms with Gasteiger partial charge in [0.25, 0.3) is 0 Å². The quantitative estimate of drug-likeness (QED) is 0.295. The van der Waals surface area contributed by atoms with Gasteiger partial charge in [-0.3, -0.25) is 0 Å². The first-order chi connectivity index (χ1) is 14.4. The van der Waals surface area contributed by atoms with E-state index < -0.39 is 7.26 Å². The Morgan fingerprint density at radius 3 is 1.45 bits per heavy atom. The summed E-state index contributed by atoms with van der Waals surface area (Å²) >= 11 is 1.94. The summed E-state index contributed by atoms with van der Waals surface area (Å²) in [6.07, 6.45) is 1.05. The van der Waals surface area contributed by atoms with Gasteiger partial charge in [0.2, 0.25) is 0 Å². The van der Waals surface area contributed by atoms with Crippen molar-refractivity contribution in [2.45, 2.75) is 6.16 Å². The molecule has 0 N–H and O–H groups in total. The first-order valence-corrected chi connectivity index (χ1v) is 12.7. The monoisotopic (exact) mass is 409 g/mol. The molecular weight excluding hydrogens is 387 g/mol. The van der Waals surface area contributed by atoms with Crippen LogP contribution in [-0.2, 0) is 6.16 Å². The van der Waals surface area contributed by atoms with Gasteiger partial charge in [0, 0.05) is 9.58 Å². The number of fused-ring (bicyclic) bond motifs is 1. The largest absolute Gasteiger partial charge is 0.136 e. The summed E-state index contributed by atoms with van der Waals surface area (Å²) in [5.41, 5.74) is 0. The molecule has 140 valence electrons. The fourth-order valence-corrected chi connectivity index (χ4v) is 9.86. The van der Waals surface area contributed by atoms with Crippen molar-refractivity contribution in [1.29, 1.82) is 0 Å². The minimum absolute atomic E-state index is 1.05. The van der Waals surface area contributed by atoms with E-state index in [1.807, 2.05) is 11.3 Å². The first kappa shape index (κ1) is 18.3. The average molecular weight is 410 g/mol. The molecule has 0 bridgehead atoms. The van der Waals surface area contributed by atoms with Crippen molar-refractivity contribution in [1.82, 2.24) is 0 Å². The second-order valence-corrected chi connectivity index (χ2v) is 11.9. The van der Waals surface area contributed by atoms with Crippen molar-refractivity contribution in [3.8, 4) is 0 Å². The molecule has 5 rings (SSSR count). The molecule has 0 fully saturated rings. The molecule has 0 aliphatic rings. The zero-order chi connectivity index (χ0) is 19.5. The maximum Gasteiger partial charge on any atom is 0.117 e. The third kappa shape index (κ3) is 3.42. The summed E-state index contributed by atoms with van der Waals surface area (Å²) in [6, 6.07) is 44.5. The normalized spacial score (nSPS) is 11.6. The van der Waals surface area contributed by atoms with Crippen molar-refractivity contribution < 1.29 is 0 Å². The molecule has 5 aromatic rings. The molecule has 4 aromatic carbocycles. The second kappa shape index (κ2) is 7.95. The topological polar surface area (TPSA) is 0 Å². The predicted octanol–water partition coefficient (Wildman–Crippen LogP) is 6.40. The van der Waals surface area contributed by atoms with Gasteiger partial charge in [0.15, 0.2) is 0 Å². The molecule has 0 unspecified atom stereocenters. The lowest BCUT2D eigenvalue weighted by Crippen LogP contribution is -2.32. The standard InChI is InChI=1S/C27H22PS/c1-4-13-23(14-5-1)28(24-15-6-2-7-16-24,25-17-8-3-9-18-25)21-26-20-22-12-10-11-19-27(22)29-26/h1-20H,21H2/q+1. The zero-order valence-electron chi connectivity index (χ0n) is 16.1. The van der Waals surface area contributed by atoms with Crippen LogP contribution in [0.25, 0.3) is 10.1 Å². The van der Waals surface area contributed by atoms with E-state index in [0.29, 0.717) is 0 Å². The molecule has 0 atom stereocenters. The Bertz CT molecular complexity index is 1080. The van der Waals surface area contributed by atoms with Gasteiger partial charge in [0.1, 0.15) is 29.3 Å². The van der Waals surface area contributed by atoms with Crippen LogP contribution >= 0.6 is 18.6 Å². The van der Waals surface area contributed by atoms with Gasteiger partial charge in [0.05, 0.1) is 0 Å². The minimum atomic E-state index is -1.82. The molecule has 0 aliphatic heterocycles. The van der Waals surface area contributed by atoms with Gasteiger partial charge < -0.3 is 0 Å². The minimum Gasteiger partial charge on any atom is -0.136 e. The Balaban J connectivity index is 1.77. The number of rotatable bonds is 5. The Hall–Kier alpha value is -2.73. The summed E-state index contributed by atoms with van der Waals surface area (Å²) in [5, 5.41) is 5.67. The summed E-state index contributed by atoms with van der Waals surface area (Å²) in [6.45, 7) is 0. The van der Waals surface area contributed by atoms with Crippen molar-refractivity contribution in [3.05, 3.63) is 126 Å². The van der Waals surface area contributed by atoms with E-state index in [-0.39, 0.29) is 0 Å². The molecule has 0 aliphatic carbocycles. The van der Waals surface area contributed by atoms with Crippen LogP contribution in [0.2, 0.25) is 0 Å². The van der Waals surface area contributed by atoms with Crippen LogP contribution in [0.1, 0.15) is 4.88 Å². The lowest BCUT2D eigenvalue weighted by Gasteiger charge is -2.27. The highest BCUT2D eigenvalue weighted by molar-refractivity contribution is 7.95. The molecule has 1 heterocycles. The maximum atomic E-state index is 2.39. The van der Waals surface area contributed by atoms with E-state index in [1.54, 1.807) is 0 Å². The average Bonchev–Trinajstić information content (AvgIpc) is 3.22. The molecule has 0 saturated carbocycles. The SMILES string of the molecule is c1ccc([P+](Cc2cc3ccccc3s2)(c2ccccc2)c2ccccc2)cc1. The van der Waals surface area contributed by atoms with Gasteiger partial charge in [-0.25, -0.2) is 0 Å². The molecule has 0 amide bonds. The Labute approximate surface area is 176 Å². The van der Waals surface area contributed by atoms with E-state index in [9.17, 15) is 0 Å². The lowest BCUT2D eigenvalue weighted by atomic mass is 10.2. The Morgan fingerprint density at radius 2 is 0.966 bits per heavy atom. The highest BCUT2D eigenvalue weighted by Crippen LogP contribution is 2.59. The third-order valence-corrected chi connectivity index (χ3v) is 11.1. The Kier molecular flexibility index (Phi) is 5.02. The van der Waals surface area contributed by atoms with Crippen molar-refractivity contribution in [2.75, 3.05) is 0 Å². The molecule has 0 nitrogen and oxygen atoms in total. The first-order valence-electron chi connectivity index (χ1n) is 9.89. The van der Waals surface area contributed by atoms with E-state index in [2.05, 4.69) is 121 Å². The van der Waals surface area contributed by atoms with E-state index in [4.69, 9.17) is 0 Å². The lowest BCUT2D eigenvalue weighted by molar-refractivity contribution is 1.50. The molecule has 1 aromatic heterocycles. The summed E-state index contributed by atoms with van der Waals surface area (Å²) in [5.74, 6) is 0. The highest BCUT2D eigenvalue weighted by atomic mass is 32.1. The van der Waals surface area contributed by atoms with Crippen LogP contribution in [0.15, 0.2) is 121 Å². The van der Waals surface area contributed by atoms with Gasteiger partial charge in [-0.2, -0.15) is 0 Å². The second-order valence-electron chi connectivity index (χ2n) is 7.23. The van der Waals surface area contributed by atoms with Gasteiger partial charge in [-0.15, -0.1) is 11.3 Å². The number of hydrogen-bond donors (Lipinski definition) is 0. The summed E-state index contributed by atoms with van der Waals surface area (Å²) in [4.78, 5) is 1.45.